The van der Waals surface area contributed by atoms with Crippen LogP contribution in [0.3, 0.4) is 0 Å². The van der Waals surface area contributed by atoms with Gasteiger partial charge in [0.1, 0.15) is 5.01 Å². The molecule has 0 fully saturated rings. The van der Waals surface area contributed by atoms with E-state index in [1.54, 1.807) is 11.3 Å². The zero-order valence-electron chi connectivity index (χ0n) is 9.68. The van der Waals surface area contributed by atoms with Gasteiger partial charge < -0.3 is 0 Å². The highest BCUT2D eigenvalue weighted by molar-refractivity contribution is 7.13. The summed E-state index contributed by atoms with van der Waals surface area (Å²) < 4.78 is 0. The molecule has 3 aromatic rings. The van der Waals surface area contributed by atoms with Gasteiger partial charge in [0.25, 0.3) is 0 Å². The van der Waals surface area contributed by atoms with E-state index >= 15 is 0 Å². The van der Waals surface area contributed by atoms with Crippen LogP contribution in [0.5, 0.6) is 0 Å². The Labute approximate surface area is 105 Å². The normalized spacial score (nSPS) is 10.9. The second-order valence-electron chi connectivity index (χ2n) is 4.06. The lowest BCUT2D eigenvalue weighted by atomic mass is 10.1. The molecule has 0 radical (unpaired) electrons. The predicted molar refractivity (Wildman–Crippen MR) is 74.4 cm³/mol. The molecule has 0 unspecified atom stereocenters. The number of fused-ring (bicyclic) bond motifs is 1. The van der Waals surface area contributed by atoms with Gasteiger partial charge in [-0.25, -0.2) is 4.98 Å². The van der Waals surface area contributed by atoms with E-state index in [0.717, 1.165) is 11.4 Å². The summed E-state index contributed by atoms with van der Waals surface area (Å²) >= 11 is 1.72. The van der Waals surface area contributed by atoms with Gasteiger partial charge in [0.05, 0.1) is 5.69 Å². The third-order valence-electron chi connectivity index (χ3n) is 2.91. The molecule has 84 valence electrons. The maximum atomic E-state index is 4.62. The monoisotopic (exact) mass is 239 g/mol. The van der Waals surface area contributed by atoms with E-state index < -0.39 is 0 Å². The molecule has 17 heavy (non-hydrogen) atoms. The Bertz CT molecular complexity index is 655. The van der Waals surface area contributed by atoms with Crippen LogP contribution in [0.4, 0.5) is 0 Å². The Hall–Kier alpha value is -1.67. The number of aromatic nitrogens is 1. The first-order valence-electron chi connectivity index (χ1n) is 5.80. The second-order valence-corrected chi connectivity index (χ2v) is 4.92. The quantitative estimate of drug-likeness (QED) is 0.640. The zero-order valence-corrected chi connectivity index (χ0v) is 10.5. The molecular formula is C15H13NS. The molecule has 3 rings (SSSR count). The lowest BCUT2D eigenvalue weighted by Gasteiger charge is -2.00. The highest BCUT2D eigenvalue weighted by Gasteiger charge is 2.04. The van der Waals surface area contributed by atoms with Gasteiger partial charge in [0.15, 0.2) is 0 Å². The molecule has 0 aliphatic rings. The first-order valence-corrected chi connectivity index (χ1v) is 6.68. The van der Waals surface area contributed by atoms with Crippen molar-refractivity contribution in [1.29, 1.82) is 0 Å². The van der Waals surface area contributed by atoms with E-state index in [1.807, 2.05) is 0 Å². The second kappa shape index (κ2) is 4.30. The van der Waals surface area contributed by atoms with Crippen molar-refractivity contribution in [2.45, 2.75) is 13.3 Å². The molecule has 2 heteroatoms. The summed E-state index contributed by atoms with van der Waals surface area (Å²) in [5.41, 5.74) is 2.39. The minimum atomic E-state index is 1.00. The third kappa shape index (κ3) is 1.96. The average Bonchev–Trinajstić information content (AvgIpc) is 2.87. The summed E-state index contributed by atoms with van der Waals surface area (Å²) in [6.45, 7) is 2.14. The molecule has 0 N–H and O–H groups in total. The van der Waals surface area contributed by atoms with Crippen LogP contribution in [-0.2, 0) is 6.42 Å². The highest BCUT2D eigenvalue weighted by Crippen LogP contribution is 2.27. The van der Waals surface area contributed by atoms with Crippen LogP contribution in [0.2, 0.25) is 0 Å². The summed E-state index contributed by atoms with van der Waals surface area (Å²) in [7, 11) is 0. The van der Waals surface area contributed by atoms with Crippen molar-refractivity contribution < 1.29 is 0 Å². The number of rotatable bonds is 2. The summed E-state index contributed by atoms with van der Waals surface area (Å²) in [5.74, 6) is 0. The van der Waals surface area contributed by atoms with Crippen molar-refractivity contribution in [3.8, 4) is 10.6 Å². The molecule has 1 aromatic heterocycles. The molecule has 2 aromatic carbocycles. The van der Waals surface area contributed by atoms with E-state index in [9.17, 15) is 0 Å². The SMILES string of the molecule is CCc1csc(-c2ccc3ccccc3c2)n1. The molecule has 0 aliphatic carbocycles. The van der Waals surface area contributed by atoms with E-state index in [4.69, 9.17) is 0 Å². The van der Waals surface area contributed by atoms with Crippen LogP contribution in [-0.4, -0.2) is 4.98 Å². The summed E-state index contributed by atoms with van der Waals surface area (Å²) in [6.07, 6.45) is 1.00. The average molecular weight is 239 g/mol. The zero-order chi connectivity index (χ0) is 11.7. The molecular weight excluding hydrogens is 226 g/mol. The molecule has 0 saturated carbocycles. The van der Waals surface area contributed by atoms with Gasteiger partial charge in [-0.1, -0.05) is 43.3 Å². The lowest BCUT2D eigenvalue weighted by molar-refractivity contribution is 1.07. The molecule has 1 nitrogen and oxygen atoms in total. The summed E-state index contributed by atoms with van der Waals surface area (Å²) in [5, 5.41) is 5.82. The van der Waals surface area contributed by atoms with Crippen LogP contribution in [0.15, 0.2) is 47.8 Å². The minimum absolute atomic E-state index is 1.00. The van der Waals surface area contributed by atoms with Crippen LogP contribution >= 0.6 is 11.3 Å². The number of benzene rings is 2. The molecule has 0 saturated heterocycles. The van der Waals surface area contributed by atoms with Crippen molar-refractivity contribution in [2.24, 2.45) is 0 Å². The molecule has 1 heterocycles. The Morgan fingerprint density at radius 3 is 2.65 bits per heavy atom. The maximum absolute atomic E-state index is 4.62. The summed E-state index contributed by atoms with van der Waals surface area (Å²) in [6, 6.07) is 15.0. The topological polar surface area (TPSA) is 12.9 Å². The first-order chi connectivity index (χ1) is 8.36. The Balaban J connectivity index is 2.11. The van der Waals surface area contributed by atoms with Gasteiger partial charge >= 0.3 is 0 Å². The minimum Gasteiger partial charge on any atom is -0.241 e. The molecule has 0 bridgehead atoms. The van der Waals surface area contributed by atoms with Crippen LogP contribution in [0, 0.1) is 0 Å². The Morgan fingerprint density at radius 1 is 1.06 bits per heavy atom. The number of thiazole rings is 1. The fraction of sp³-hybridized carbons (Fsp3) is 0.133. The van der Waals surface area contributed by atoms with Crippen LogP contribution in [0.25, 0.3) is 21.3 Å². The van der Waals surface area contributed by atoms with Gasteiger partial charge in [0, 0.05) is 10.9 Å². The van der Waals surface area contributed by atoms with Crippen molar-refractivity contribution in [3.05, 3.63) is 53.5 Å². The van der Waals surface area contributed by atoms with Crippen LogP contribution < -0.4 is 0 Å². The number of hydrogen-bond donors (Lipinski definition) is 0. The van der Waals surface area contributed by atoms with E-state index in [2.05, 4.69) is 59.8 Å². The molecule has 0 aliphatic heterocycles. The third-order valence-corrected chi connectivity index (χ3v) is 3.85. The number of aryl methyl sites for hydroxylation is 1. The van der Waals surface area contributed by atoms with Crippen LogP contribution in [0.1, 0.15) is 12.6 Å². The lowest BCUT2D eigenvalue weighted by Crippen LogP contribution is -1.81. The van der Waals surface area contributed by atoms with Gasteiger partial charge in [-0.05, 0) is 23.3 Å². The fourth-order valence-electron chi connectivity index (χ4n) is 1.92. The molecule has 0 amide bonds. The number of hydrogen-bond acceptors (Lipinski definition) is 2. The maximum Gasteiger partial charge on any atom is 0.123 e. The van der Waals surface area contributed by atoms with E-state index in [0.29, 0.717) is 0 Å². The first kappa shape index (κ1) is 10.5. The smallest absolute Gasteiger partial charge is 0.123 e. The Morgan fingerprint density at radius 2 is 1.88 bits per heavy atom. The highest BCUT2D eigenvalue weighted by atomic mass is 32.1. The molecule has 0 atom stereocenters. The fourth-order valence-corrected chi connectivity index (χ4v) is 2.82. The van der Waals surface area contributed by atoms with Gasteiger partial charge in [-0.2, -0.15) is 0 Å². The van der Waals surface area contributed by atoms with E-state index in [1.165, 1.54) is 22.0 Å². The van der Waals surface area contributed by atoms with Crippen molar-refractivity contribution >= 4 is 22.1 Å². The largest absolute Gasteiger partial charge is 0.241 e. The number of nitrogens with zero attached hydrogens (tertiary/aromatic N) is 1. The summed E-state index contributed by atoms with van der Waals surface area (Å²) in [4.78, 5) is 4.62. The standard InChI is InChI=1S/C15H13NS/c1-2-14-10-17-15(16-14)13-8-7-11-5-3-4-6-12(11)9-13/h3-10H,2H2,1H3. The van der Waals surface area contributed by atoms with Gasteiger partial charge in [-0.15, -0.1) is 11.3 Å². The van der Waals surface area contributed by atoms with Gasteiger partial charge in [0.2, 0.25) is 0 Å². The van der Waals surface area contributed by atoms with Crippen molar-refractivity contribution in [1.82, 2.24) is 4.98 Å². The van der Waals surface area contributed by atoms with Gasteiger partial charge in [-0.3, -0.25) is 0 Å². The molecule has 0 spiro atoms. The van der Waals surface area contributed by atoms with E-state index in [-0.39, 0.29) is 0 Å². The van der Waals surface area contributed by atoms with Crippen molar-refractivity contribution in [3.63, 3.8) is 0 Å². The van der Waals surface area contributed by atoms with Crippen molar-refractivity contribution in [2.75, 3.05) is 0 Å². The predicted octanol–water partition coefficient (Wildman–Crippen LogP) is 4.53. The Kier molecular flexibility index (Phi) is 2.65.